The van der Waals surface area contributed by atoms with Crippen molar-refractivity contribution in [3.05, 3.63) is 108 Å². The lowest BCUT2D eigenvalue weighted by Gasteiger charge is -2.13. The Morgan fingerprint density at radius 3 is 2.13 bits per heavy atom. The maximum atomic E-state index is 3.50. The van der Waals surface area contributed by atoms with E-state index in [-0.39, 0.29) is 0 Å². The largest absolute Gasteiger partial charge is 0.378 e. The van der Waals surface area contributed by atoms with Gasteiger partial charge in [-0.3, -0.25) is 0 Å². The molecule has 0 N–H and O–H groups in total. The minimum Gasteiger partial charge on any atom is -0.378 e. The molecule has 2 nitrogen and oxygen atoms in total. The Morgan fingerprint density at radius 2 is 1.45 bits per heavy atom. The molecule has 1 aliphatic carbocycles. The molecular weight excluding hydrogens is 376 g/mol. The van der Waals surface area contributed by atoms with Crippen molar-refractivity contribution in [1.82, 2.24) is 0 Å². The Balaban J connectivity index is 1.84. The SMILES string of the molecule is CN(C)c1ccc(C(C#Cc2cccc3ccccc23)=C2C=CC(=[N+](C)C)C=C2)cc1. The van der Waals surface area contributed by atoms with Crippen LogP contribution < -0.4 is 4.90 Å². The molecule has 0 bridgehead atoms. The highest BCUT2D eigenvalue weighted by atomic mass is 15.1. The lowest BCUT2D eigenvalue weighted by Crippen LogP contribution is -2.10. The summed E-state index contributed by atoms with van der Waals surface area (Å²) >= 11 is 0. The Labute approximate surface area is 185 Å². The zero-order chi connectivity index (χ0) is 21.8. The fourth-order valence-electron chi connectivity index (χ4n) is 3.63. The number of allylic oxidation sites excluding steroid dienone is 6. The zero-order valence-electron chi connectivity index (χ0n) is 18.6. The third-order valence-corrected chi connectivity index (χ3v) is 5.46. The van der Waals surface area contributed by atoms with Crippen LogP contribution in [0.3, 0.4) is 0 Å². The molecule has 0 radical (unpaired) electrons. The normalized spacial score (nSPS) is 12.5. The van der Waals surface area contributed by atoms with Gasteiger partial charge in [-0.1, -0.05) is 60.4 Å². The van der Waals surface area contributed by atoms with Crippen molar-refractivity contribution in [2.24, 2.45) is 0 Å². The third-order valence-electron chi connectivity index (χ3n) is 5.46. The number of benzene rings is 3. The van der Waals surface area contributed by atoms with Gasteiger partial charge in [0.25, 0.3) is 0 Å². The van der Waals surface area contributed by atoms with Crippen LogP contribution in [-0.4, -0.2) is 38.5 Å². The van der Waals surface area contributed by atoms with Crippen LogP contribution in [0, 0.1) is 11.8 Å². The Kier molecular flexibility index (Phi) is 5.87. The van der Waals surface area contributed by atoms with Gasteiger partial charge in [-0.2, -0.15) is 0 Å². The summed E-state index contributed by atoms with van der Waals surface area (Å²) in [4.78, 5) is 2.11. The van der Waals surface area contributed by atoms with Crippen molar-refractivity contribution in [2.45, 2.75) is 0 Å². The standard InChI is InChI=1S/C29H27N2/c1-30(2)26-17-12-24(13-18-26)29(25-14-19-27(20-15-25)31(3)4)21-16-23-10-7-9-22-8-5-6-11-28(22)23/h5-15,17-20H,1-4H3/q+1. The van der Waals surface area contributed by atoms with Gasteiger partial charge in [-0.25, -0.2) is 4.58 Å². The van der Waals surface area contributed by atoms with Crippen LogP contribution in [0.2, 0.25) is 0 Å². The number of nitrogens with zero attached hydrogens (tertiary/aromatic N) is 2. The summed E-state index contributed by atoms with van der Waals surface area (Å²) in [6, 6.07) is 23.3. The van der Waals surface area contributed by atoms with Gasteiger partial charge in [-0.05, 0) is 52.3 Å². The molecule has 2 heteroatoms. The van der Waals surface area contributed by atoms with E-state index in [0.717, 1.165) is 22.3 Å². The number of rotatable bonds is 2. The number of anilines is 1. The fraction of sp³-hybridized carbons (Fsp3) is 0.138. The van der Waals surface area contributed by atoms with E-state index in [1.807, 2.05) is 0 Å². The molecule has 0 saturated carbocycles. The fourth-order valence-corrected chi connectivity index (χ4v) is 3.63. The van der Waals surface area contributed by atoms with Crippen LogP contribution in [-0.2, 0) is 0 Å². The first-order chi connectivity index (χ1) is 15.0. The number of fused-ring (bicyclic) bond motifs is 1. The van der Waals surface area contributed by atoms with Crippen molar-refractivity contribution in [3.8, 4) is 11.8 Å². The summed E-state index contributed by atoms with van der Waals surface area (Å²) in [6.07, 6.45) is 8.59. The zero-order valence-corrected chi connectivity index (χ0v) is 18.6. The van der Waals surface area contributed by atoms with E-state index in [2.05, 4.69) is 141 Å². The van der Waals surface area contributed by atoms with E-state index in [4.69, 9.17) is 0 Å². The number of hydrogen-bond acceptors (Lipinski definition) is 1. The minimum absolute atomic E-state index is 1.03. The molecule has 0 heterocycles. The van der Waals surface area contributed by atoms with E-state index in [1.165, 1.54) is 22.2 Å². The molecule has 0 unspecified atom stereocenters. The molecule has 0 fully saturated rings. The second kappa shape index (κ2) is 8.90. The molecule has 1 aliphatic rings. The predicted octanol–water partition coefficient (Wildman–Crippen LogP) is 5.55. The molecule has 31 heavy (non-hydrogen) atoms. The molecule has 0 saturated heterocycles. The maximum Gasteiger partial charge on any atom is 0.199 e. The molecule has 3 aromatic rings. The molecule has 0 amide bonds. The Hall–Kier alpha value is -3.83. The quantitative estimate of drug-likeness (QED) is 0.402. The molecule has 0 aliphatic heterocycles. The topological polar surface area (TPSA) is 6.25 Å². The summed E-state index contributed by atoms with van der Waals surface area (Å²) in [5, 5.41) is 2.39. The second-order valence-corrected chi connectivity index (χ2v) is 8.03. The van der Waals surface area contributed by atoms with Crippen molar-refractivity contribution >= 4 is 27.7 Å². The van der Waals surface area contributed by atoms with E-state index in [0.29, 0.717) is 0 Å². The molecular formula is C29H27N2+. The van der Waals surface area contributed by atoms with Crippen molar-refractivity contribution in [1.29, 1.82) is 0 Å². The molecule has 152 valence electrons. The van der Waals surface area contributed by atoms with Crippen LogP contribution in [0.1, 0.15) is 11.1 Å². The first-order valence-electron chi connectivity index (χ1n) is 10.5. The van der Waals surface area contributed by atoms with Crippen LogP contribution in [0.5, 0.6) is 0 Å². The van der Waals surface area contributed by atoms with Gasteiger partial charge >= 0.3 is 0 Å². The van der Waals surface area contributed by atoms with E-state index in [9.17, 15) is 0 Å². The summed E-state index contributed by atoms with van der Waals surface area (Å²) in [5.74, 6) is 6.95. The van der Waals surface area contributed by atoms with Crippen LogP contribution in [0.25, 0.3) is 16.3 Å². The predicted molar refractivity (Wildman–Crippen MR) is 134 cm³/mol. The summed E-state index contributed by atoms with van der Waals surface area (Å²) in [5.41, 5.74) is 6.67. The van der Waals surface area contributed by atoms with Gasteiger partial charge in [0.15, 0.2) is 5.71 Å². The van der Waals surface area contributed by atoms with E-state index < -0.39 is 0 Å². The summed E-state index contributed by atoms with van der Waals surface area (Å²) in [7, 11) is 8.22. The maximum absolute atomic E-state index is 3.50. The van der Waals surface area contributed by atoms with Gasteiger partial charge in [-0.15, -0.1) is 0 Å². The van der Waals surface area contributed by atoms with Crippen LogP contribution in [0.15, 0.2) is 96.6 Å². The highest BCUT2D eigenvalue weighted by Crippen LogP contribution is 2.25. The van der Waals surface area contributed by atoms with Gasteiger partial charge in [0.1, 0.15) is 14.1 Å². The van der Waals surface area contributed by atoms with Gasteiger partial charge in [0.2, 0.25) is 0 Å². The van der Waals surface area contributed by atoms with E-state index >= 15 is 0 Å². The molecule has 3 aromatic carbocycles. The lowest BCUT2D eigenvalue weighted by atomic mass is 9.95. The summed E-state index contributed by atoms with van der Waals surface area (Å²) < 4.78 is 2.11. The third kappa shape index (κ3) is 4.52. The van der Waals surface area contributed by atoms with Crippen molar-refractivity contribution in [3.63, 3.8) is 0 Å². The molecule has 0 spiro atoms. The highest BCUT2D eigenvalue weighted by Gasteiger charge is 2.10. The minimum atomic E-state index is 1.03. The smallest absolute Gasteiger partial charge is 0.199 e. The van der Waals surface area contributed by atoms with Gasteiger partial charge in [0, 0.05) is 43.1 Å². The first-order valence-corrected chi connectivity index (χ1v) is 10.5. The highest BCUT2D eigenvalue weighted by molar-refractivity contribution is 6.04. The number of hydrogen-bond donors (Lipinski definition) is 0. The van der Waals surface area contributed by atoms with Crippen molar-refractivity contribution in [2.75, 3.05) is 33.1 Å². The van der Waals surface area contributed by atoms with Crippen LogP contribution in [0.4, 0.5) is 5.69 Å². The monoisotopic (exact) mass is 403 g/mol. The average molecular weight is 404 g/mol. The Morgan fingerprint density at radius 1 is 0.774 bits per heavy atom. The van der Waals surface area contributed by atoms with Crippen molar-refractivity contribution < 1.29 is 4.58 Å². The lowest BCUT2D eigenvalue weighted by molar-refractivity contribution is -0.462. The van der Waals surface area contributed by atoms with Crippen LogP contribution >= 0.6 is 0 Å². The molecule has 4 rings (SSSR count). The Bertz CT molecular complexity index is 1280. The summed E-state index contributed by atoms with van der Waals surface area (Å²) in [6.45, 7) is 0. The second-order valence-electron chi connectivity index (χ2n) is 8.03. The van der Waals surface area contributed by atoms with Gasteiger partial charge < -0.3 is 4.90 Å². The average Bonchev–Trinajstić information content (AvgIpc) is 2.80. The van der Waals surface area contributed by atoms with E-state index in [1.54, 1.807) is 0 Å². The molecule has 0 atom stereocenters. The molecule has 0 aromatic heterocycles. The first kappa shape index (κ1) is 20.4. The van der Waals surface area contributed by atoms with Gasteiger partial charge in [0.05, 0.1) is 0 Å².